The maximum absolute atomic E-state index is 5.62. The molecule has 70 valence electrons. The maximum atomic E-state index is 5.62. The molecule has 0 spiro atoms. The second-order valence-electron chi connectivity index (χ2n) is 3.47. The molecule has 1 aromatic rings. The molecule has 13 heavy (non-hydrogen) atoms. The first-order chi connectivity index (χ1) is 6.40. The van der Waals surface area contributed by atoms with E-state index in [2.05, 4.69) is 16.0 Å². The molecule has 1 atom stereocenters. The van der Waals surface area contributed by atoms with Gasteiger partial charge >= 0.3 is 0 Å². The zero-order chi connectivity index (χ0) is 9.10. The average molecular weight is 177 g/mol. The molecular weight excluding hydrogens is 162 g/mol. The molecule has 1 fully saturated rings. The van der Waals surface area contributed by atoms with Crippen LogP contribution < -0.4 is 5.73 Å². The first kappa shape index (κ1) is 8.66. The molecule has 0 amide bonds. The molecule has 2 heterocycles. The van der Waals surface area contributed by atoms with E-state index in [0.29, 0.717) is 6.04 Å². The standard InChI is InChI=1S/C10H15N3/c11-7-10-4-6-13(10)8-9-3-1-2-5-12-9/h1-3,5,10H,4,6-8,11H2. The highest BCUT2D eigenvalue weighted by molar-refractivity contribution is 5.04. The lowest BCUT2D eigenvalue weighted by molar-refractivity contribution is 0.0867. The van der Waals surface area contributed by atoms with E-state index in [0.717, 1.165) is 18.8 Å². The fraction of sp³-hybridized carbons (Fsp3) is 0.500. The number of likely N-dealkylation sites (tertiary alicyclic amines) is 1. The van der Waals surface area contributed by atoms with Crippen molar-refractivity contribution in [2.75, 3.05) is 13.1 Å². The third-order valence-electron chi connectivity index (χ3n) is 2.63. The number of pyridine rings is 1. The van der Waals surface area contributed by atoms with Crippen LogP contribution in [-0.4, -0.2) is 29.0 Å². The van der Waals surface area contributed by atoms with Crippen molar-refractivity contribution in [1.29, 1.82) is 0 Å². The van der Waals surface area contributed by atoms with Gasteiger partial charge in [-0.05, 0) is 18.6 Å². The Bertz CT molecular complexity index is 258. The number of nitrogens with zero attached hydrogens (tertiary/aromatic N) is 2. The van der Waals surface area contributed by atoms with E-state index in [1.807, 2.05) is 18.3 Å². The third-order valence-corrected chi connectivity index (χ3v) is 2.63. The van der Waals surface area contributed by atoms with Crippen LogP contribution in [0.3, 0.4) is 0 Å². The Morgan fingerprint density at radius 2 is 2.46 bits per heavy atom. The maximum Gasteiger partial charge on any atom is 0.0544 e. The van der Waals surface area contributed by atoms with Crippen molar-refractivity contribution in [3.8, 4) is 0 Å². The Kier molecular flexibility index (Phi) is 2.57. The highest BCUT2D eigenvalue weighted by atomic mass is 15.2. The molecule has 1 aliphatic heterocycles. The molecule has 2 rings (SSSR count). The molecule has 0 saturated carbocycles. The Morgan fingerprint density at radius 3 is 3.00 bits per heavy atom. The van der Waals surface area contributed by atoms with Crippen molar-refractivity contribution in [3.05, 3.63) is 30.1 Å². The van der Waals surface area contributed by atoms with Crippen molar-refractivity contribution >= 4 is 0 Å². The lowest BCUT2D eigenvalue weighted by atomic mass is 10.0. The van der Waals surface area contributed by atoms with Crippen LogP contribution in [-0.2, 0) is 6.54 Å². The molecule has 0 bridgehead atoms. The van der Waals surface area contributed by atoms with Gasteiger partial charge in [0, 0.05) is 31.9 Å². The van der Waals surface area contributed by atoms with Crippen LogP contribution in [0.1, 0.15) is 12.1 Å². The Balaban J connectivity index is 1.92. The van der Waals surface area contributed by atoms with Crippen LogP contribution in [0.4, 0.5) is 0 Å². The second-order valence-corrected chi connectivity index (χ2v) is 3.47. The van der Waals surface area contributed by atoms with E-state index in [-0.39, 0.29) is 0 Å². The van der Waals surface area contributed by atoms with E-state index in [1.54, 1.807) is 0 Å². The topological polar surface area (TPSA) is 42.1 Å². The average Bonchev–Trinajstić information content (AvgIpc) is 2.15. The van der Waals surface area contributed by atoms with E-state index >= 15 is 0 Å². The second kappa shape index (κ2) is 3.85. The summed E-state index contributed by atoms with van der Waals surface area (Å²) in [5, 5.41) is 0. The number of aromatic nitrogens is 1. The van der Waals surface area contributed by atoms with Gasteiger partial charge in [0.25, 0.3) is 0 Å². The van der Waals surface area contributed by atoms with Crippen molar-refractivity contribution in [3.63, 3.8) is 0 Å². The van der Waals surface area contributed by atoms with Gasteiger partial charge in [-0.15, -0.1) is 0 Å². The summed E-state index contributed by atoms with van der Waals surface area (Å²) >= 11 is 0. The summed E-state index contributed by atoms with van der Waals surface area (Å²) in [6.45, 7) is 2.88. The molecule has 3 nitrogen and oxygen atoms in total. The van der Waals surface area contributed by atoms with E-state index in [1.165, 1.54) is 13.0 Å². The molecule has 0 aliphatic carbocycles. The van der Waals surface area contributed by atoms with E-state index in [4.69, 9.17) is 5.73 Å². The zero-order valence-corrected chi connectivity index (χ0v) is 7.69. The monoisotopic (exact) mass is 177 g/mol. The van der Waals surface area contributed by atoms with Crippen molar-refractivity contribution in [2.24, 2.45) is 5.73 Å². The minimum atomic E-state index is 0.585. The predicted octanol–water partition coefficient (Wildman–Crippen LogP) is 0.615. The van der Waals surface area contributed by atoms with Gasteiger partial charge in [0.15, 0.2) is 0 Å². The molecule has 1 aliphatic rings. The van der Waals surface area contributed by atoms with Crippen LogP contribution in [0.15, 0.2) is 24.4 Å². The zero-order valence-electron chi connectivity index (χ0n) is 7.69. The molecule has 1 aromatic heterocycles. The summed E-state index contributed by atoms with van der Waals surface area (Å²) < 4.78 is 0. The first-order valence-electron chi connectivity index (χ1n) is 4.74. The summed E-state index contributed by atoms with van der Waals surface area (Å²) in [6, 6.07) is 6.62. The van der Waals surface area contributed by atoms with Gasteiger partial charge in [0.05, 0.1) is 5.69 Å². The van der Waals surface area contributed by atoms with Crippen LogP contribution in [0, 0.1) is 0 Å². The minimum absolute atomic E-state index is 0.585. The van der Waals surface area contributed by atoms with Crippen LogP contribution in [0.2, 0.25) is 0 Å². The summed E-state index contributed by atoms with van der Waals surface area (Å²) in [7, 11) is 0. The summed E-state index contributed by atoms with van der Waals surface area (Å²) in [6.07, 6.45) is 3.08. The normalized spacial score (nSPS) is 22.7. The van der Waals surface area contributed by atoms with Crippen molar-refractivity contribution in [1.82, 2.24) is 9.88 Å². The van der Waals surface area contributed by atoms with Gasteiger partial charge in [-0.1, -0.05) is 6.07 Å². The molecular formula is C10H15N3. The Morgan fingerprint density at radius 1 is 1.54 bits per heavy atom. The SMILES string of the molecule is NCC1CCN1Cc1ccccn1. The highest BCUT2D eigenvalue weighted by Gasteiger charge is 2.26. The number of hydrogen-bond donors (Lipinski definition) is 1. The molecule has 2 N–H and O–H groups in total. The summed E-state index contributed by atoms with van der Waals surface area (Å²) in [5.74, 6) is 0. The molecule has 3 heteroatoms. The van der Waals surface area contributed by atoms with Crippen molar-refractivity contribution in [2.45, 2.75) is 19.0 Å². The van der Waals surface area contributed by atoms with Crippen LogP contribution in [0.25, 0.3) is 0 Å². The summed E-state index contributed by atoms with van der Waals surface area (Å²) in [5.41, 5.74) is 6.76. The van der Waals surface area contributed by atoms with Gasteiger partial charge in [0.1, 0.15) is 0 Å². The van der Waals surface area contributed by atoms with Crippen LogP contribution in [0.5, 0.6) is 0 Å². The van der Waals surface area contributed by atoms with Gasteiger partial charge in [-0.25, -0.2) is 0 Å². The fourth-order valence-corrected chi connectivity index (χ4v) is 1.67. The number of nitrogens with two attached hydrogens (primary N) is 1. The Labute approximate surface area is 78.6 Å². The minimum Gasteiger partial charge on any atom is -0.329 e. The van der Waals surface area contributed by atoms with Crippen molar-refractivity contribution < 1.29 is 0 Å². The molecule has 1 saturated heterocycles. The number of hydrogen-bond acceptors (Lipinski definition) is 3. The Hall–Kier alpha value is -0.930. The van der Waals surface area contributed by atoms with Gasteiger partial charge in [-0.3, -0.25) is 9.88 Å². The van der Waals surface area contributed by atoms with Gasteiger partial charge in [-0.2, -0.15) is 0 Å². The smallest absolute Gasteiger partial charge is 0.0544 e. The number of rotatable bonds is 3. The third kappa shape index (κ3) is 1.87. The molecule has 0 aromatic carbocycles. The predicted molar refractivity (Wildman–Crippen MR) is 52.1 cm³/mol. The largest absolute Gasteiger partial charge is 0.329 e. The van der Waals surface area contributed by atoms with Gasteiger partial charge < -0.3 is 5.73 Å². The highest BCUT2D eigenvalue weighted by Crippen LogP contribution is 2.18. The lowest BCUT2D eigenvalue weighted by Crippen LogP contribution is -2.50. The molecule has 1 unspecified atom stereocenters. The summed E-state index contributed by atoms with van der Waals surface area (Å²) in [4.78, 5) is 6.66. The lowest BCUT2D eigenvalue weighted by Gasteiger charge is -2.40. The first-order valence-corrected chi connectivity index (χ1v) is 4.74. The van der Waals surface area contributed by atoms with Crippen LogP contribution >= 0.6 is 0 Å². The van der Waals surface area contributed by atoms with E-state index < -0.39 is 0 Å². The molecule has 0 radical (unpaired) electrons. The fourth-order valence-electron chi connectivity index (χ4n) is 1.67. The quantitative estimate of drug-likeness (QED) is 0.735. The van der Waals surface area contributed by atoms with Gasteiger partial charge in [0.2, 0.25) is 0 Å². The van der Waals surface area contributed by atoms with E-state index in [9.17, 15) is 0 Å².